The molecule has 1 aliphatic rings. The van der Waals surface area contributed by atoms with Crippen molar-refractivity contribution in [2.24, 2.45) is 11.8 Å². The highest BCUT2D eigenvalue weighted by Crippen LogP contribution is 2.29. The van der Waals surface area contributed by atoms with Gasteiger partial charge in [0.05, 0.1) is 5.56 Å². The first-order chi connectivity index (χ1) is 9.74. The van der Waals surface area contributed by atoms with Gasteiger partial charge in [0.15, 0.2) is 0 Å². The van der Waals surface area contributed by atoms with Crippen molar-refractivity contribution in [3.05, 3.63) is 29.6 Å². The number of carbonyl (C=O) groups excluding carboxylic acids is 1. The van der Waals surface area contributed by atoms with Gasteiger partial charge in [0.25, 0.3) is 5.91 Å². The molecule has 2 atom stereocenters. The largest absolute Gasteiger partial charge is 0.396 e. The average Bonchev–Trinajstić information content (AvgIpc) is 2.53. The van der Waals surface area contributed by atoms with Gasteiger partial charge >= 0.3 is 0 Å². The lowest BCUT2D eigenvalue weighted by atomic mass is 9.79. The van der Waals surface area contributed by atoms with Gasteiger partial charge in [-0.25, -0.2) is 4.98 Å². The molecule has 0 saturated heterocycles. The van der Waals surface area contributed by atoms with E-state index in [0.29, 0.717) is 23.7 Å². The van der Waals surface area contributed by atoms with Crippen LogP contribution in [0.15, 0.2) is 18.3 Å². The van der Waals surface area contributed by atoms with E-state index in [2.05, 4.69) is 10.3 Å². The topological polar surface area (TPSA) is 86.0 Å². The number of aromatic nitrogens is 1. The Bertz CT molecular complexity index is 493. The van der Waals surface area contributed by atoms with Crippen molar-refractivity contribution >= 4 is 5.91 Å². The number of aliphatic hydroxyl groups excluding tert-OH is 1. The molecule has 2 rings (SSSR count). The molecule has 1 aliphatic carbocycles. The third-order valence-corrected chi connectivity index (χ3v) is 3.95. The number of nitrogens with zero attached hydrogens (tertiary/aromatic N) is 2. The van der Waals surface area contributed by atoms with Crippen molar-refractivity contribution in [1.29, 1.82) is 5.26 Å². The van der Waals surface area contributed by atoms with E-state index in [0.717, 1.165) is 25.7 Å². The Kier molecular flexibility index (Phi) is 5.08. The smallest absolute Gasteiger partial charge is 0.269 e. The molecule has 1 heterocycles. The third kappa shape index (κ3) is 3.55. The van der Waals surface area contributed by atoms with Crippen molar-refractivity contribution in [3.63, 3.8) is 0 Å². The van der Waals surface area contributed by atoms with Crippen molar-refractivity contribution in [2.75, 3.05) is 13.2 Å². The minimum atomic E-state index is -0.225. The Balaban J connectivity index is 1.89. The van der Waals surface area contributed by atoms with Gasteiger partial charge in [-0.2, -0.15) is 5.26 Å². The van der Waals surface area contributed by atoms with E-state index in [1.54, 1.807) is 12.1 Å². The second-order valence-corrected chi connectivity index (χ2v) is 5.24. The van der Waals surface area contributed by atoms with Crippen molar-refractivity contribution < 1.29 is 9.90 Å². The zero-order chi connectivity index (χ0) is 14.4. The van der Waals surface area contributed by atoms with Crippen LogP contribution in [0.1, 0.15) is 41.7 Å². The van der Waals surface area contributed by atoms with Crippen LogP contribution in [0.3, 0.4) is 0 Å². The first-order valence-corrected chi connectivity index (χ1v) is 7.00. The van der Waals surface area contributed by atoms with E-state index in [-0.39, 0.29) is 18.4 Å². The summed E-state index contributed by atoms with van der Waals surface area (Å²) in [4.78, 5) is 15.9. The Labute approximate surface area is 118 Å². The number of hydrogen-bond acceptors (Lipinski definition) is 4. The van der Waals surface area contributed by atoms with Crippen LogP contribution >= 0.6 is 0 Å². The third-order valence-electron chi connectivity index (χ3n) is 3.95. The second-order valence-electron chi connectivity index (χ2n) is 5.24. The summed E-state index contributed by atoms with van der Waals surface area (Å²) in [5.74, 6) is 0.408. The molecular weight excluding hydrogens is 254 g/mol. The highest BCUT2D eigenvalue weighted by atomic mass is 16.3. The monoisotopic (exact) mass is 273 g/mol. The van der Waals surface area contributed by atoms with Crippen LogP contribution in [0.4, 0.5) is 0 Å². The maximum atomic E-state index is 12.0. The number of carbonyl (C=O) groups is 1. The predicted molar refractivity (Wildman–Crippen MR) is 73.8 cm³/mol. The van der Waals surface area contributed by atoms with Gasteiger partial charge in [-0.1, -0.05) is 12.8 Å². The van der Waals surface area contributed by atoms with Gasteiger partial charge in [-0.3, -0.25) is 4.79 Å². The molecule has 1 fully saturated rings. The Morgan fingerprint density at radius 1 is 1.40 bits per heavy atom. The fourth-order valence-electron chi connectivity index (χ4n) is 2.70. The van der Waals surface area contributed by atoms with Crippen LogP contribution in [0, 0.1) is 23.2 Å². The number of nitriles is 1. The molecule has 1 aromatic heterocycles. The number of amides is 1. The molecule has 0 spiro atoms. The Morgan fingerprint density at radius 2 is 2.15 bits per heavy atom. The van der Waals surface area contributed by atoms with E-state index >= 15 is 0 Å². The van der Waals surface area contributed by atoms with Gasteiger partial charge in [0.1, 0.15) is 11.8 Å². The van der Waals surface area contributed by atoms with Gasteiger partial charge in [-0.15, -0.1) is 0 Å². The molecule has 1 saturated carbocycles. The number of pyridine rings is 1. The predicted octanol–water partition coefficient (Wildman–Crippen LogP) is 1.48. The first kappa shape index (κ1) is 14.5. The molecule has 0 radical (unpaired) electrons. The summed E-state index contributed by atoms with van der Waals surface area (Å²) >= 11 is 0. The summed E-state index contributed by atoms with van der Waals surface area (Å²) in [5, 5.41) is 20.9. The molecule has 5 heteroatoms. The van der Waals surface area contributed by atoms with Gasteiger partial charge in [0.2, 0.25) is 0 Å². The first-order valence-electron chi connectivity index (χ1n) is 7.00. The summed E-state index contributed by atoms with van der Waals surface area (Å²) in [6, 6.07) is 5.10. The highest BCUT2D eigenvalue weighted by Gasteiger charge is 2.24. The second kappa shape index (κ2) is 7.01. The quantitative estimate of drug-likeness (QED) is 0.870. The Morgan fingerprint density at radius 3 is 2.75 bits per heavy atom. The number of aliphatic hydroxyl groups is 1. The number of rotatable bonds is 4. The molecule has 0 bridgehead atoms. The maximum absolute atomic E-state index is 12.0. The molecular formula is C15H19N3O2. The summed E-state index contributed by atoms with van der Waals surface area (Å²) in [5.41, 5.74) is 0.759. The highest BCUT2D eigenvalue weighted by molar-refractivity contribution is 5.92. The lowest BCUT2D eigenvalue weighted by Gasteiger charge is -2.30. The molecule has 0 aromatic carbocycles. The maximum Gasteiger partial charge on any atom is 0.269 e. The lowest BCUT2D eigenvalue weighted by molar-refractivity contribution is 0.0904. The molecule has 106 valence electrons. The summed E-state index contributed by atoms with van der Waals surface area (Å²) < 4.78 is 0. The zero-order valence-corrected chi connectivity index (χ0v) is 11.4. The number of hydrogen-bond donors (Lipinski definition) is 2. The van der Waals surface area contributed by atoms with Gasteiger partial charge < -0.3 is 10.4 Å². The SMILES string of the molecule is N#Cc1ccc(C(=O)NCC2CCCCC2CO)nc1. The number of nitrogens with one attached hydrogen (secondary N) is 1. The summed E-state index contributed by atoms with van der Waals surface area (Å²) in [7, 11) is 0. The van der Waals surface area contributed by atoms with Crippen LogP contribution in [-0.4, -0.2) is 29.1 Å². The Hall–Kier alpha value is -1.93. The van der Waals surface area contributed by atoms with Crippen molar-refractivity contribution in [3.8, 4) is 6.07 Å². The molecule has 0 aliphatic heterocycles. The normalized spacial score (nSPS) is 22.0. The van der Waals surface area contributed by atoms with Gasteiger partial charge in [-0.05, 0) is 36.8 Å². The van der Waals surface area contributed by atoms with Gasteiger partial charge in [0, 0.05) is 19.3 Å². The minimum Gasteiger partial charge on any atom is -0.396 e. The minimum absolute atomic E-state index is 0.190. The van der Waals surface area contributed by atoms with Crippen LogP contribution in [0.5, 0.6) is 0 Å². The van der Waals surface area contributed by atoms with E-state index in [4.69, 9.17) is 5.26 Å². The molecule has 5 nitrogen and oxygen atoms in total. The standard InChI is InChI=1S/C15H19N3O2/c16-7-11-5-6-14(17-8-11)15(20)18-9-12-3-1-2-4-13(12)10-19/h5-6,8,12-13,19H,1-4,9-10H2,(H,18,20). The van der Waals surface area contributed by atoms with Crippen LogP contribution in [0.25, 0.3) is 0 Å². The van der Waals surface area contributed by atoms with E-state index < -0.39 is 0 Å². The molecule has 20 heavy (non-hydrogen) atoms. The lowest BCUT2D eigenvalue weighted by Crippen LogP contribution is -2.35. The summed E-state index contributed by atoms with van der Waals surface area (Å²) in [6.45, 7) is 0.765. The molecule has 1 amide bonds. The van der Waals surface area contributed by atoms with Crippen LogP contribution < -0.4 is 5.32 Å². The molecule has 2 N–H and O–H groups in total. The zero-order valence-electron chi connectivity index (χ0n) is 11.4. The van der Waals surface area contributed by atoms with Crippen LogP contribution in [0.2, 0.25) is 0 Å². The van der Waals surface area contributed by atoms with Crippen molar-refractivity contribution in [2.45, 2.75) is 25.7 Å². The average molecular weight is 273 g/mol. The van der Waals surface area contributed by atoms with E-state index in [1.165, 1.54) is 6.20 Å². The fraction of sp³-hybridized carbons (Fsp3) is 0.533. The summed E-state index contributed by atoms with van der Waals surface area (Å²) in [6.07, 6.45) is 5.80. The molecule has 1 aromatic rings. The molecule has 2 unspecified atom stereocenters. The van der Waals surface area contributed by atoms with E-state index in [9.17, 15) is 9.90 Å². The van der Waals surface area contributed by atoms with E-state index in [1.807, 2.05) is 6.07 Å². The van der Waals surface area contributed by atoms with Crippen LogP contribution in [-0.2, 0) is 0 Å². The van der Waals surface area contributed by atoms with Crippen molar-refractivity contribution in [1.82, 2.24) is 10.3 Å². The fourth-order valence-corrected chi connectivity index (χ4v) is 2.70.